The molecule has 2 amide bonds. The molecule has 2 heterocycles. The molecule has 7 nitrogen and oxygen atoms in total. The number of rotatable bonds is 4. The number of piperidine rings is 1. The van der Waals surface area contributed by atoms with E-state index in [1.54, 1.807) is 0 Å². The topological polar surface area (TPSA) is 88.1 Å². The van der Waals surface area contributed by atoms with Crippen LogP contribution in [0, 0.1) is 0 Å². The lowest BCUT2D eigenvalue weighted by Gasteiger charge is -2.45. The average Bonchev–Trinajstić information content (AvgIpc) is 3.08. The minimum Gasteiger partial charge on any atom is -0.465 e. The van der Waals surface area contributed by atoms with Crippen LogP contribution in [0.5, 0.6) is 0 Å². The summed E-state index contributed by atoms with van der Waals surface area (Å²) in [6.45, 7) is 0.947. The van der Waals surface area contributed by atoms with Crippen molar-refractivity contribution >= 4 is 12.2 Å². The number of hydrogen-bond donors (Lipinski definition) is 2. The molecule has 4 rings (SSSR count). The number of hydrogen-bond acceptors (Lipinski definition) is 4. The number of benzene rings is 1. The fourth-order valence-corrected chi connectivity index (χ4v) is 4.96. The zero-order valence-corrected chi connectivity index (χ0v) is 16.0. The molecule has 1 spiro atoms. The summed E-state index contributed by atoms with van der Waals surface area (Å²) in [6, 6.07) is 10.2. The lowest BCUT2D eigenvalue weighted by atomic mass is 9.81. The highest BCUT2D eigenvalue weighted by Crippen LogP contribution is 2.36. The normalized spacial score (nSPS) is 32.8. The first kappa shape index (κ1) is 19.1. The zero-order chi connectivity index (χ0) is 19.6. The minimum absolute atomic E-state index is 0.132. The summed E-state index contributed by atoms with van der Waals surface area (Å²) in [5, 5.41) is 12.5. The van der Waals surface area contributed by atoms with Crippen LogP contribution >= 0.6 is 0 Å². The third-order valence-electron chi connectivity index (χ3n) is 6.53. The first-order valence-corrected chi connectivity index (χ1v) is 10.2. The lowest BCUT2D eigenvalue weighted by Crippen LogP contribution is -2.66. The van der Waals surface area contributed by atoms with Gasteiger partial charge < -0.3 is 24.8 Å². The highest BCUT2D eigenvalue weighted by Gasteiger charge is 2.52. The lowest BCUT2D eigenvalue weighted by molar-refractivity contribution is -0.0440. The predicted molar refractivity (Wildman–Crippen MR) is 102 cm³/mol. The van der Waals surface area contributed by atoms with Crippen molar-refractivity contribution in [2.24, 2.45) is 0 Å². The summed E-state index contributed by atoms with van der Waals surface area (Å²) >= 11 is 0. The summed E-state index contributed by atoms with van der Waals surface area (Å²) < 4.78 is 11.3. The van der Waals surface area contributed by atoms with Crippen molar-refractivity contribution in [3.05, 3.63) is 35.9 Å². The number of nitrogens with zero attached hydrogens (tertiary/aromatic N) is 1. The fourth-order valence-electron chi connectivity index (χ4n) is 4.96. The number of alkyl carbamates (subject to hydrolysis) is 1. The van der Waals surface area contributed by atoms with E-state index in [1.807, 2.05) is 6.07 Å². The Morgan fingerprint density at radius 1 is 1.25 bits per heavy atom. The molecule has 28 heavy (non-hydrogen) atoms. The van der Waals surface area contributed by atoms with Gasteiger partial charge in [0.1, 0.15) is 12.1 Å². The first-order chi connectivity index (χ1) is 13.6. The highest BCUT2D eigenvalue weighted by molar-refractivity contribution is 5.72. The Labute approximate surface area is 165 Å². The van der Waals surface area contributed by atoms with E-state index in [2.05, 4.69) is 29.6 Å². The van der Waals surface area contributed by atoms with E-state index in [1.165, 1.54) is 10.5 Å². The molecule has 1 aliphatic carbocycles. The third-order valence-corrected chi connectivity index (χ3v) is 6.53. The van der Waals surface area contributed by atoms with Crippen LogP contribution in [0.1, 0.15) is 50.0 Å². The maximum absolute atomic E-state index is 11.8. The summed E-state index contributed by atoms with van der Waals surface area (Å²) in [4.78, 5) is 24.8. The Hall–Kier alpha value is -2.28. The van der Waals surface area contributed by atoms with E-state index in [4.69, 9.17) is 9.47 Å². The molecule has 0 aromatic heterocycles. The van der Waals surface area contributed by atoms with Gasteiger partial charge in [0.05, 0.1) is 18.8 Å². The maximum Gasteiger partial charge on any atom is 0.407 e. The number of amides is 2. The van der Waals surface area contributed by atoms with Crippen LogP contribution in [-0.2, 0) is 9.47 Å². The van der Waals surface area contributed by atoms with Crippen LogP contribution in [0.3, 0.4) is 0 Å². The molecule has 3 aliphatic rings. The summed E-state index contributed by atoms with van der Waals surface area (Å²) in [6.07, 6.45) is 4.19. The quantitative estimate of drug-likeness (QED) is 0.826. The van der Waals surface area contributed by atoms with Crippen LogP contribution in [0.25, 0.3) is 0 Å². The molecule has 2 atom stereocenters. The van der Waals surface area contributed by atoms with E-state index < -0.39 is 23.8 Å². The standard InChI is InChI=1S/C21H28N2O5/c24-19-22-21(14-28-19)11-4-12-23(20(25)26)18(21)13-27-17-9-7-16(8-10-17)15-5-2-1-3-6-15/h1-3,5-6,16-18H,4,7-14H2,(H,22,24)(H,25,26). The van der Waals surface area contributed by atoms with E-state index in [9.17, 15) is 14.7 Å². The molecule has 3 fully saturated rings. The van der Waals surface area contributed by atoms with Crippen molar-refractivity contribution in [2.45, 2.75) is 62.1 Å². The van der Waals surface area contributed by atoms with Crippen LogP contribution < -0.4 is 5.32 Å². The second-order valence-corrected chi connectivity index (χ2v) is 8.17. The van der Waals surface area contributed by atoms with Gasteiger partial charge in [0.2, 0.25) is 0 Å². The van der Waals surface area contributed by atoms with Crippen LogP contribution in [0.4, 0.5) is 9.59 Å². The summed E-state index contributed by atoms with van der Waals surface area (Å²) in [5.74, 6) is 0.570. The zero-order valence-electron chi connectivity index (χ0n) is 16.0. The van der Waals surface area contributed by atoms with Gasteiger partial charge in [0.15, 0.2) is 0 Å². The van der Waals surface area contributed by atoms with Gasteiger partial charge in [-0.25, -0.2) is 9.59 Å². The molecule has 2 N–H and O–H groups in total. The fraction of sp³-hybridized carbons (Fsp3) is 0.619. The summed E-state index contributed by atoms with van der Waals surface area (Å²) in [7, 11) is 0. The van der Waals surface area contributed by atoms with Crippen molar-refractivity contribution < 1.29 is 24.2 Å². The Kier molecular flexibility index (Phi) is 5.44. The van der Waals surface area contributed by atoms with E-state index >= 15 is 0 Å². The number of ether oxygens (including phenoxy) is 2. The van der Waals surface area contributed by atoms with Crippen molar-refractivity contribution in [2.75, 3.05) is 19.8 Å². The molecule has 7 heteroatoms. The van der Waals surface area contributed by atoms with Gasteiger partial charge in [-0.3, -0.25) is 0 Å². The maximum atomic E-state index is 11.8. The average molecular weight is 388 g/mol. The minimum atomic E-state index is -0.971. The number of likely N-dealkylation sites (tertiary alicyclic amines) is 1. The Morgan fingerprint density at radius 3 is 2.64 bits per heavy atom. The highest BCUT2D eigenvalue weighted by atomic mass is 16.6. The second kappa shape index (κ2) is 7.99. The van der Waals surface area contributed by atoms with Gasteiger partial charge in [0.25, 0.3) is 0 Å². The molecule has 2 saturated heterocycles. The number of carbonyl (C=O) groups is 2. The number of carboxylic acid groups (broad SMARTS) is 1. The van der Waals surface area contributed by atoms with E-state index in [-0.39, 0.29) is 19.3 Å². The molecule has 1 aromatic carbocycles. The van der Waals surface area contributed by atoms with E-state index in [0.29, 0.717) is 25.3 Å². The number of cyclic esters (lactones) is 1. The SMILES string of the molecule is O=C1NC2(CCCN(C(=O)O)C2COC2CCC(c3ccccc3)CC2)CO1. The van der Waals surface area contributed by atoms with Crippen LogP contribution in [0.15, 0.2) is 30.3 Å². The van der Waals surface area contributed by atoms with Crippen molar-refractivity contribution in [1.82, 2.24) is 10.2 Å². The van der Waals surface area contributed by atoms with Gasteiger partial charge in [-0.15, -0.1) is 0 Å². The smallest absolute Gasteiger partial charge is 0.407 e. The molecular weight excluding hydrogens is 360 g/mol. The molecule has 2 aliphatic heterocycles. The second-order valence-electron chi connectivity index (χ2n) is 8.17. The van der Waals surface area contributed by atoms with Gasteiger partial charge in [-0.05, 0) is 50.0 Å². The third kappa shape index (κ3) is 3.81. The largest absolute Gasteiger partial charge is 0.465 e. The Bertz CT molecular complexity index is 704. The van der Waals surface area contributed by atoms with Crippen molar-refractivity contribution in [3.8, 4) is 0 Å². The first-order valence-electron chi connectivity index (χ1n) is 10.2. The molecule has 0 radical (unpaired) electrons. The molecule has 2 unspecified atom stereocenters. The van der Waals surface area contributed by atoms with E-state index in [0.717, 1.165) is 25.7 Å². The Balaban J connectivity index is 1.37. The Morgan fingerprint density at radius 2 is 2.00 bits per heavy atom. The molecular formula is C21H28N2O5. The predicted octanol–water partition coefficient (Wildman–Crippen LogP) is 3.35. The van der Waals surface area contributed by atoms with Crippen LogP contribution in [-0.4, -0.2) is 59.6 Å². The molecule has 1 aromatic rings. The van der Waals surface area contributed by atoms with Crippen molar-refractivity contribution in [1.29, 1.82) is 0 Å². The van der Waals surface area contributed by atoms with Gasteiger partial charge in [-0.2, -0.15) is 0 Å². The molecule has 1 saturated carbocycles. The van der Waals surface area contributed by atoms with Crippen molar-refractivity contribution in [3.63, 3.8) is 0 Å². The van der Waals surface area contributed by atoms with Gasteiger partial charge in [0, 0.05) is 6.54 Å². The number of carbonyl (C=O) groups excluding carboxylic acids is 1. The monoisotopic (exact) mass is 388 g/mol. The number of nitrogens with one attached hydrogen (secondary N) is 1. The molecule has 0 bridgehead atoms. The summed E-state index contributed by atoms with van der Waals surface area (Å²) in [5.41, 5.74) is 0.713. The molecule has 152 valence electrons. The van der Waals surface area contributed by atoms with Gasteiger partial charge in [-0.1, -0.05) is 30.3 Å². The van der Waals surface area contributed by atoms with Gasteiger partial charge >= 0.3 is 12.2 Å². The van der Waals surface area contributed by atoms with Crippen LogP contribution in [0.2, 0.25) is 0 Å².